The third-order valence-corrected chi connectivity index (χ3v) is 3.06. The lowest BCUT2D eigenvalue weighted by Crippen LogP contribution is -2.34. The van der Waals surface area contributed by atoms with Gasteiger partial charge in [0.05, 0.1) is 18.0 Å². The van der Waals surface area contributed by atoms with E-state index in [1.807, 2.05) is 11.9 Å². The maximum absolute atomic E-state index is 5.83. The number of ether oxygens (including phenoxy) is 1. The van der Waals surface area contributed by atoms with E-state index in [4.69, 9.17) is 22.1 Å². The topological polar surface area (TPSA) is 64.3 Å². The van der Waals surface area contributed by atoms with Crippen molar-refractivity contribution in [3.05, 3.63) is 11.5 Å². The molecule has 1 aromatic heterocycles. The van der Waals surface area contributed by atoms with Crippen LogP contribution in [0.1, 0.15) is 19.3 Å². The predicted molar refractivity (Wildman–Crippen MR) is 68.3 cm³/mol. The molecule has 0 spiro atoms. The second kappa shape index (κ2) is 5.51. The molecular weight excluding hydrogens is 240 g/mol. The fraction of sp³-hybridized carbons (Fsp3) is 0.636. The van der Waals surface area contributed by atoms with E-state index in [0.717, 1.165) is 26.0 Å². The first-order valence-electron chi connectivity index (χ1n) is 5.77. The van der Waals surface area contributed by atoms with Crippen molar-refractivity contribution in [2.75, 3.05) is 30.8 Å². The predicted octanol–water partition coefficient (Wildman–Crippen LogP) is 1.72. The van der Waals surface area contributed by atoms with Gasteiger partial charge in [-0.15, -0.1) is 0 Å². The summed E-state index contributed by atoms with van der Waals surface area (Å²) in [5.74, 6) is 0.666. The van der Waals surface area contributed by atoms with Crippen LogP contribution >= 0.6 is 11.6 Å². The maximum atomic E-state index is 5.83. The van der Waals surface area contributed by atoms with Gasteiger partial charge in [0.2, 0.25) is 5.28 Å². The number of nitrogen functional groups attached to an aromatic ring is 1. The highest BCUT2D eigenvalue weighted by Gasteiger charge is 2.18. The summed E-state index contributed by atoms with van der Waals surface area (Å²) in [6.07, 6.45) is 5.24. The Kier molecular flexibility index (Phi) is 4.02. The summed E-state index contributed by atoms with van der Waals surface area (Å²) >= 11 is 5.77. The van der Waals surface area contributed by atoms with Crippen LogP contribution in [0.3, 0.4) is 0 Å². The number of halogens is 1. The molecule has 17 heavy (non-hydrogen) atoms. The van der Waals surface area contributed by atoms with Crippen LogP contribution in [0.5, 0.6) is 0 Å². The molecule has 1 aliphatic heterocycles. The molecule has 0 amide bonds. The minimum absolute atomic E-state index is 0.214. The number of nitrogens with zero attached hydrogens (tertiary/aromatic N) is 3. The third kappa shape index (κ3) is 3.20. The first-order chi connectivity index (χ1) is 8.16. The van der Waals surface area contributed by atoms with Gasteiger partial charge in [-0.2, -0.15) is 4.98 Å². The van der Waals surface area contributed by atoms with Crippen molar-refractivity contribution in [1.82, 2.24) is 9.97 Å². The van der Waals surface area contributed by atoms with Crippen molar-refractivity contribution in [1.29, 1.82) is 0 Å². The number of rotatable bonds is 3. The molecule has 1 saturated heterocycles. The average molecular weight is 257 g/mol. The number of likely N-dealkylation sites (N-methyl/N-ethyl adjacent to an activating group) is 1. The highest BCUT2D eigenvalue weighted by molar-refractivity contribution is 6.28. The van der Waals surface area contributed by atoms with Gasteiger partial charge >= 0.3 is 0 Å². The number of nitrogens with two attached hydrogens (primary N) is 1. The van der Waals surface area contributed by atoms with Crippen LogP contribution in [-0.4, -0.2) is 36.3 Å². The van der Waals surface area contributed by atoms with E-state index < -0.39 is 0 Å². The van der Waals surface area contributed by atoms with E-state index in [9.17, 15) is 0 Å². The third-order valence-electron chi connectivity index (χ3n) is 2.88. The van der Waals surface area contributed by atoms with Gasteiger partial charge in [0, 0.05) is 20.2 Å². The second-order valence-electron chi connectivity index (χ2n) is 4.29. The lowest BCUT2D eigenvalue weighted by Gasteiger charge is -2.28. The normalized spacial score (nSPS) is 20.2. The molecule has 0 radical (unpaired) electrons. The van der Waals surface area contributed by atoms with Crippen molar-refractivity contribution in [2.24, 2.45) is 0 Å². The maximum Gasteiger partial charge on any atom is 0.224 e. The van der Waals surface area contributed by atoms with Crippen molar-refractivity contribution in [3.63, 3.8) is 0 Å². The Bertz CT molecular complexity index is 382. The molecule has 0 saturated carbocycles. The largest absolute Gasteiger partial charge is 0.394 e. The van der Waals surface area contributed by atoms with Crippen LogP contribution in [0.2, 0.25) is 5.28 Å². The Labute approximate surface area is 106 Å². The zero-order chi connectivity index (χ0) is 12.3. The smallest absolute Gasteiger partial charge is 0.224 e. The Morgan fingerprint density at radius 1 is 1.59 bits per heavy atom. The van der Waals surface area contributed by atoms with E-state index in [0.29, 0.717) is 11.5 Å². The van der Waals surface area contributed by atoms with Crippen LogP contribution in [0.25, 0.3) is 0 Å². The van der Waals surface area contributed by atoms with Gasteiger partial charge in [0.15, 0.2) is 5.82 Å². The molecule has 5 nitrogen and oxygen atoms in total. The number of aromatic nitrogens is 2. The fourth-order valence-electron chi connectivity index (χ4n) is 2.01. The summed E-state index contributed by atoms with van der Waals surface area (Å²) in [5.41, 5.74) is 6.36. The van der Waals surface area contributed by atoms with Crippen molar-refractivity contribution < 1.29 is 4.74 Å². The van der Waals surface area contributed by atoms with Crippen LogP contribution in [0.4, 0.5) is 11.5 Å². The molecule has 1 unspecified atom stereocenters. The van der Waals surface area contributed by atoms with E-state index in [1.165, 1.54) is 12.6 Å². The number of anilines is 2. The Morgan fingerprint density at radius 2 is 2.41 bits per heavy atom. The summed E-state index contributed by atoms with van der Waals surface area (Å²) in [5, 5.41) is 0.214. The average Bonchev–Trinajstić information content (AvgIpc) is 2.33. The molecule has 2 N–H and O–H groups in total. The van der Waals surface area contributed by atoms with Gasteiger partial charge < -0.3 is 15.4 Å². The molecule has 94 valence electrons. The molecule has 1 atom stereocenters. The molecule has 0 aromatic carbocycles. The van der Waals surface area contributed by atoms with Gasteiger partial charge in [-0.3, -0.25) is 0 Å². The van der Waals surface area contributed by atoms with Crippen molar-refractivity contribution in [2.45, 2.75) is 25.4 Å². The highest BCUT2D eigenvalue weighted by Crippen LogP contribution is 2.22. The molecule has 1 fully saturated rings. The van der Waals surface area contributed by atoms with Crippen LogP contribution in [0, 0.1) is 0 Å². The standard InChI is InChI=1S/C11H17ClN4O/c1-16(7-8-4-2-3-5-17-8)10-9(13)6-14-11(12)15-10/h6,8H,2-5,7,13H2,1H3. The van der Waals surface area contributed by atoms with Crippen LogP contribution in [-0.2, 0) is 4.74 Å². The summed E-state index contributed by atoms with van der Waals surface area (Å²) in [6, 6.07) is 0. The van der Waals surface area contributed by atoms with E-state index in [2.05, 4.69) is 9.97 Å². The van der Waals surface area contributed by atoms with Gasteiger partial charge in [-0.1, -0.05) is 0 Å². The fourth-order valence-corrected chi connectivity index (χ4v) is 2.14. The zero-order valence-electron chi connectivity index (χ0n) is 9.90. The Morgan fingerprint density at radius 3 is 3.12 bits per heavy atom. The molecule has 2 rings (SSSR count). The van der Waals surface area contributed by atoms with E-state index >= 15 is 0 Å². The minimum Gasteiger partial charge on any atom is -0.394 e. The summed E-state index contributed by atoms with van der Waals surface area (Å²) in [7, 11) is 1.94. The van der Waals surface area contributed by atoms with Crippen molar-refractivity contribution in [3.8, 4) is 0 Å². The quantitative estimate of drug-likeness (QED) is 0.835. The van der Waals surface area contributed by atoms with E-state index in [-0.39, 0.29) is 11.4 Å². The molecule has 1 aromatic rings. The second-order valence-corrected chi connectivity index (χ2v) is 4.63. The summed E-state index contributed by atoms with van der Waals surface area (Å²) in [6.45, 7) is 1.62. The van der Waals surface area contributed by atoms with Crippen LogP contribution < -0.4 is 10.6 Å². The van der Waals surface area contributed by atoms with Crippen LogP contribution in [0.15, 0.2) is 6.20 Å². The zero-order valence-corrected chi connectivity index (χ0v) is 10.7. The van der Waals surface area contributed by atoms with E-state index in [1.54, 1.807) is 0 Å². The number of hydrogen-bond donors (Lipinski definition) is 1. The molecule has 1 aliphatic rings. The first-order valence-corrected chi connectivity index (χ1v) is 6.15. The van der Waals surface area contributed by atoms with Gasteiger partial charge in [-0.25, -0.2) is 4.98 Å². The lowest BCUT2D eigenvalue weighted by atomic mass is 10.1. The summed E-state index contributed by atoms with van der Waals surface area (Å²) in [4.78, 5) is 9.95. The molecule has 0 aliphatic carbocycles. The minimum atomic E-state index is 0.214. The SMILES string of the molecule is CN(CC1CCCCO1)c1nc(Cl)ncc1N. The van der Waals surface area contributed by atoms with Gasteiger partial charge in [0.25, 0.3) is 0 Å². The Balaban J connectivity index is 2.02. The van der Waals surface area contributed by atoms with Gasteiger partial charge in [0.1, 0.15) is 0 Å². The highest BCUT2D eigenvalue weighted by atomic mass is 35.5. The molecule has 6 heteroatoms. The molecule has 2 heterocycles. The molecule has 0 bridgehead atoms. The van der Waals surface area contributed by atoms with Gasteiger partial charge in [-0.05, 0) is 30.9 Å². The lowest BCUT2D eigenvalue weighted by molar-refractivity contribution is 0.0215. The monoisotopic (exact) mass is 256 g/mol. The first kappa shape index (κ1) is 12.4. The molecular formula is C11H17ClN4O. The Hall–Kier alpha value is -1.07. The number of hydrogen-bond acceptors (Lipinski definition) is 5. The summed E-state index contributed by atoms with van der Waals surface area (Å²) < 4.78 is 5.68. The van der Waals surface area contributed by atoms with Crippen molar-refractivity contribution >= 4 is 23.1 Å².